The highest BCUT2D eigenvalue weighted by atomic mass is 16.4. The van der Waals surface area contributed by atoms with E-state index in [9.17, 15) is 53.4 Å². The van der Waals surface area contributed by atoms with Gasteiger partial charge in [0.25, 0.3) is 0 Å². The Morgan fingerprint density at radius 1 is 0.658 bits per heavy atom. The summed E-state index contributed by atoms with van der Waals surface area (Å²) in [5.41, 5.74) is 18.1. The van der Waals surface area contributed by atoms with Crippen LogP contribution in [0.4, 0.5) is 0 Å². The van der Waals surface area contributed by atoms with Crippen LogP contribution in [0.1, 0.15) is 70.7 Å². The maximum Gasteiger partial charge on any atom is 0.326 e. The monoisotopic (exact) mass is 1020 g/mol. The number of likely N-dealkylation sites (N-methyl/N-ethyl adjacent to an activating group) is 1. The third-order valence-corrected chi connectivity index (χ3v) is 11.6. The van der Waals surface area contributed by atoms with Crippen molar-refractivity contribution in [3.8, 4) is 5.75 Å². The van der Waals surface area contributed by atoms with Gasteiger partial charge in [-0.3, -0.25) is 43.3 Å². The number of aliphatic imine (C=N–C) groups is 1. The number of carbonyl (C=O) groups is 9. The fourth-order valence-corrected chi connectivity index (χ4v) is 7.28. The molecule has 2 aromatic carbocycles. The van der Waals surface area contributed by atoms with Gasteiger partial charge in [-0.1, -0.05) is 70.2 Å². The molecule has 16 N–H and O–H groups in total. The van der Waals surface area contributed by atoms with E-state index in [0.717, 1.165) is 4.90 Å². The van der Waals surface area contributed by atoms with Crippen LogP contribution in [0.3, 0.4) is 0 Å². The predicted octanol–water partition coefficient (Wildman–Crippen LogP) is -1.85. The van der Waals surface area contributed by atoms with Crippen LogP contribution in [0.25, 0.3) is 0 Å². The zero-order valence-corrected chi connectivity index (χ0v) is 41.7. The number of imidazole rings is 1. The van der Waals surface area contributed by atoms with Gasteiger partial charge in [-0.15, -0.1) is 0 Å². The highest BCUT2D eigenvalue weighted by Crippen LogP contribution is 2.15. The van der Waals surface area contributed by atoms with Crippen LogP contribution < -0.4 is 49.1 Å². The number of aromatic hydroxyl groups is 1. The minimum Gasteiger partial charge on any atom is -0.508 e. The molecule has 1 heterocycles. The lowest BCUT2D eigenvalue weighted by Gasteiger charge is -2.31. The third-order valence-electron chi connectivity index (χ3n) is 11.6. The lowest BCUT2D eigenvalue weighted by molar-refractivity contribution is -0.145. The topological polar surface area (TPSA) is 409 Å². The van der Waals surface area contributed by atoms with Crippen molar-refractivity contribution in [3.05, 3.63) is 83.9 Å². The van der Waals surface area contributed by atoms with E-state index in [2.05, 4.69) is 46.9 Å². The Labute approximate surface area is 422 Å². The Bertz CT molecular complexity index is 2380. The summed E-state index contributed by atoms with van der Waals surface area (Å²) in [4.78, 5) is 132. The van der Waals surface area contributed by atoms with E-state index < -0.39 is 120 Å². The fraction of sp³-hybridized carbons (Fsp3) is 0.479. The molecule has 8 atom stereocenters. The van der Waals surface area contributed by atoms with Crippen molar-refractivity contribution >= 4 is 59.2 Å². The molecule has 73 heavy (non-hydrogen) atoms. The van der Waals surface area contributed by atoms with Crippen molar-refractivity contribution in [2.24, 2.45) is 34.0 Å². The minimum absolute atomic E-state index is 0.0266. The van der Waals surface area contributed by atoms with E-state index in [1.54, 1.807) is 58.0 Å². The number of carbonyl (C=O) groups excluding carboxylic acids is 7. The molecule has 0 aliphatic rings. The Balaban J connectivity index is 1.89. The van der Waals surface area contributed by atoms with Gasteiger partial charge in [-0.05, 0) is 54.9 Å². The number of carboxylic acids is 2. The van der Waals surface area contributed by atoms with Crippen LogP contribution in [0.15, 0.2) is 72.1 Å². The molecule has 25 nitrogen and oxygen atoms in total. The van der Waals surface area contributed by atoms with Gasteiger partial charge in [-0.2, -0.15) is 0 Å². The highest BCUT2D eigenvalue weighted by molar-refractivity contribution is 5.98. The van der Waals surface area contributed by atoms with E-state index in [0.29, 0.717) is 16.8 Å². The van der Waals surface area contributed by atoms with Crippen molar-refractivity contribution in [2.45, 2.75) is 121 Å². The van der Waals surface area contributed by atoms with Gasteiger partial charge in [-0.25, -0.2) is 9.78 Å². The van der Waals surface area contributed by atoms with Crippen LogP contribution in [-0.2, 0) is 62.4 Å². The maximum absolute atomic E-state index is 14.4. The summed E-state index contributed by atoms with van der Waals surface area (Å²) in [6.45, 7) is 7.93. The number of guanidine groups is 1. The molecule has 0 spiro atoms. The summed E-state index contributed by atoms with van der Waals surface area (Å²) < 4.78 is 0. The van der Waals surface area contributed by atoms with Gasteiger partial charge >= 0.3 is 11.9 Å². The summed E-state index contributed by atoms with van der Waals surface area (Å²) in [6, 6.07) is 3.53. The molecule has 0 aliphatic carbocycles. The second-order valence-corrected chi connectivity index (χ2v) is 18.2. The molecule has 25 heteroatoms. The molecule has 1 aromatic heterocycles. The average molecular weight is 1020 g/mol. The summed E-state index contributed by atoms with van der Waals surface area (Å²) >= 11 is 0. The highest BCUT2D eigenvalue weighted by Gasteiger charge is 2.37. The molecule has 0 fully saturated rings. The molecule has 398 valence electrons. The van der Waals surface area contributed by atoms with E-state index >= 15 is 0 Å². The number of H-pyrrole nitrogens is 1. The van der Waals surface area contributed by atoms with Gasteiger partial charge in [0.05, 0.1) is 18.8 Å². The van der Waals surface area contributed by atoms with Crippen molar-refractivity contribution in [1.29, 1.82) is 0 Å². The summed E-state index contributed by atoms with van der Waals surface area (Å²) in [6.07, 6.45) is 1.80. The normalized spacial score (nSPS) is 14.4. The fourth-order valence-electron chi connectivity index (χ4n) is 7.28. The number of hydrogen-bond acceptors (Lipinski definition) is 13. The summed E-state index contributed by atoms with van der Waals surface area (Å²) in [5.74, 6) is -10.0. The van der Waals surface area contributed by atoms with Crippen molar-refractivity contribution in [2.75, 3.05) is 13.6 Å². The Hall–Kier alpha value is -8.09. The Morgan fingerprint density at radius 3 is 1.70 bits per heavy atom. The lowest BCUT2D eigenvalue weighted by Crippen LogP contribution is -2.62. The maximum atomic E-state index is 14.4. The van der Waals surface area contributed by atoms with E-state index in [4.69, 9.17) is 22.3 Å². The minimum atomic E-state index is -1.51. The molecule has 0 unspecified atom stereocenters. The number of benzene rings is 2. The average Bonchev–Trinajstić information content (AvgIpc) is 3.85. The van der Waals surface area contributed by atoms with Crippen molar-refractivity contribution < 1.29 is 58.5 Å². The lowest BCUT2D eigenvalue weighted by atomic mass is 9.98. The van der Waals surface area contributed by atoms with Gasteiger partial charge in [0.1, 0.15) is 48.0 Å². The Morgan fingerprint density at radius 2 is 1.18 bits per heavy atom. The number of hydrogen-bond donors (Lipinski definition) is 13. The molecule has 3 rings (SSSR count). The second kappa shape index (κ2) is 28.7. The number of nitrogens with two attached hydrogens (primary N) is 3. The number of phenols is 1. The number of aromatic nitrogens is 2. The molecule has 7 amide bonds. The molecule has 0 radical (unpaired) electrons. The van der Waals surface area contributed by atoms with Crippen LogP contribution >= 0.6 is 0 Å². The van der Waals surface area contributed by atoms with Crippen molar-refractivity contribution in [3.63, 3.8) is 0 Å². The van der Waals surface area contributed by atoms with E-state index in [1.807, 2.05) is 0 Å². The molecular formula is C48H69N13O12. The predicted molar refractivity (Wildman–Crippen MR) is 266 cm³/mol. The molecule has 0 aliphatic heterocycles. The number of nitrogens with zero attached hydrogens (tertiary/aromatic N) is 3. The summed E-state index contributed by atoms with van der Waals surface area (Å²) in [5, 5.41) is 44.6. The number of carboxylic acid groups (broad SMARTS) is 2. The second-order valence-electron chi connectivity index (χ2n) is 18.2. The Kier molecular flexibility index (Phi) is 23.3. The zero-order chi connectivity index (χ0) is 54.5. The van der Waals surface area contributed by atoms with Crippen molar-refractivity contribution in [1.82, 2.24) is 46.8 Å². The number of aliphatic carboxylic acids is 2. The molecular weight excluding hydrogens is 951 g/mol. The van der Waals surface area contributed by atoms with Crippen LogP contribution in [-0.4, -0.2) is 151 Å². The largest absolute Gasteiger partial charge is 0.508 e. The first kappa shape index (κ1) is 59.2. The molecule has 3 aromatic rings. The van der Waals surface area contributed by atoms with Gasteiger partial charge < -0.3 is 74.3 Å². The van der Waals surface area contributed by atoms with E-state index in [-0.39, 0.29) is 50.4 Å². The number of rotatable bonds is 29. The van der Waals surface area contributed by atoms with Gasteiger partial charge in [0.15, 0.2) is 5.96 Å². The first-order chi connectivity index (χ1) is 34.4. The quantitative estimate of drug-likeness (QED) is 0.0206. The van der Waals surface area contributed by atoms with Crippen LogP contribution in [0.2, 0.25) is 0 Å². The molecule has 0 saturated heterocycles. The number of amides is 7. The molecule has 0 saturated carbocycles. The van der Waals surface area contributed by atoms with Crippen LogP contribution in [0.5, 0.6) is 5.75 Å². The third kappa shape index (κ3) is 19.6. The van der Waals surface area contributed by atoms with Gasteiger partial charge in [0.2, 0.25) is 41.4 Å². The van der Waals surface area contributed by atoms with Crippen LogP contribution in [0, 0.1) is 11.8 Å². The standard InChI is InChI=1S/C48H69N13O12/c1-25(2)38(59-42(67)33(13-10-18-53-48(50)51)55-41(66)32(49)22-37(63)64)44(69)56-34(19-29-14-16-31(62)17-15-29)43(68)60-39(26(3)4)45(70)57-35(21-30-23-52-24-54-30)46(71)61(6)27(5)40(65)58-36(47(72)73)20-28-11-8-7-9-12-28/h7-9,11-12,14-17,23-27,32-36,38-39,62H,10,13,18-22,49H2,1-6H3,(H,52,54)(H,55,66)(H,56,69)(H,57,70)(H,58,65)(H,59,67)(H,60,68)(H,63,64)(H,72,73)(H4,50,51,53)/t27-,32-,33-,34-,35-,36-,38-,39-/m0/s1. The summed E-state index contributed by atoms with van der Waals surface area (Å²) in [7, 11) is 1.32. The SMILES string of the molecule is CC(C)[C@H](NC(=O)[C@H](CCCN=C(N)N)NC(=O)[C@@H](N)CC(=O)O)C(=O)N[C@@H](Cc1ccc(O)cc1)C(=O)N[C@H](C(=O)N[C@@H](Cc1cnc[nH]1)C(=O)N(C)[C@@H](C)C(=O)N[C@@H](Cc1ccccc1)C(=O)O)C(C)C. The number of phenolic OH excluding ortho intramolecular Hbond substituents is 1. The zero-order valence-electron chi connectivity index (χ0n) is 41.7. The number of aromatic amines is 1. The first-order valence-corrected chi connectivity index (χ1v) is 23.5. The van der Waals surface area contributed by atoms with E-state index in [1.165, 1.54) is 50.8 Å². The van der Waals surface area contributed by atoms with Gasteiger partial charge in [0, 0.05) is 44.7 Å². The first-order valence-electron chi connectivity index (χ1n) is 23.5. The smallest absolute Gasteiger partial charge is 0.326 e. The number of nitrogens with one attached hydrogen (secondary N) is 7. The molecule has 0 bridgehead atoms.